The van der Waals surface area contributed by atoms with Crippen LogP contribution in [0.25, 0.3) is 17.0 Å². The fourth-order valence-corrected chi connectivity index (χ4v) is 4.58. The van der Waals surface area contributed by atoms with Gasteiger partial charge in [0.1, 0.15) is 11.9 Å². The molecule has 8 heteroatoms. The number of para-hydroxylation sites is 1. The average Bonchev–Trinajstić information content (AvgIpc) is 3.53. The highest BCUT2D eigenvalue weighted by molar-refractivity contribution is 6.00. The van der Waals surface area contributed by atoms with E-state index in [9.17, 15) is 9.59 Å². The van der Waals surface area contributed by atoms with Crippen LogP contribution in [-0.2, 0) is 0 Å². The maximum absolute atomic E-state index is 12.7. The zero-order valence-electron chi connectivity index (χ0n) is 21.6. The summed E-state index contributed by atoms with van der Waals surface area (Å²) in [6.07, 6.45) is 5.23. The van der Waals surface area contributed by atoms with Crippen LogP contribution in [0.5, 0.6) is 5.75 Å². The molecule has 39 heavy (non-hydrogen) atoms. The van der Waals surface area contributed by atoms with Crippen molar-refractivity contribution < 1.29 is 14.3 Å². The van der Waals surface area contributed by atoms with Gasteiger partial charge >= 0.3 is 0 Å². The van der Waals surface area contributed by atoms with Crippen LogP contribution in [0.15, 0.2) is 83.5 Å². The van der Waals surface area contributed by atoms with Crippen molar-refractivity contribution in [3.05, 3.63) is 101 Å². The normalized spacial score (nSPS) is 17.6. The first kappa shape index (κ1) is 24.6. The van der Waals surface area contributed by atoms with Crippen molar-refractivity contribution in [2.24, 2.45) is 10.8 Å². The highest BCUT2D eigenvalue weighted by Crippen LogP contribution is 2.29. The predicted molar refractivity (Wildman–Crippen MR) is 153 cm³/mol. The Balaban J connectivity index is 1.13. The zero-order chi connectivity index (χ0) is 26.9. The lowest BCUT2D eigenvalue weighted by atomic mass is 10.1. The van der Waals surface area contributed by atoms with Crippen LogP contribution in [-0.4, -0.2) is 41.7 Å². The van der Waals surface area contributed by atoms with E-state index in [0.717, 1.165) is 46.1 Å². The largest absolute Gasteiger partial charge is 0.485 e. The molecule has 0 bridgehead atoms. The van der Waals surface area contributed by atoms with E-state index in [0.29, 0.717) is 17.0 Å². The van der Waals surface area contributed by atoms with Gasteiger partial charge in [-0.15, -0.1) is 0 Å². The summed E-state index contributed by atoms with van der Waals surface area (Å²) in [5.41, 5.74) is 12.1. The number of nitrogens with one attached hydrogen (secondary N) is 2. The number of nitrogens with zero attached hydrogens (tertiary/aromatic N) is 2. The summed E-state index contributed by atoms with van der Waals surface area (Å²) in [5, 5.41) is 10.3. The quantitative estimate of drug-likeness (QED) is 0.289. The van der Waals surface area contributed by atoms with Gasteiger partial charge in [0.15, 0.2) is 6.61 Å². The van der Waals surface area contributed by atoms with E-state index < -0.39 is 6.17 Å². The van der Waals surface area contributed by atoms with Gasteiger partial charge in [-0.2, -0.15) is 5.10 Å². The van der Waals surface area contributed by atoms with Crippen molar-refractivity contribution in [1.82, 2.24) is 10.3 Å². The molecular weight excluding hydrogens is 490 g/mol. The zero-order valence-corrected chi connectivity index (χ0v) is 21.6. The number of Topliss-reactive ketones (excluding diaryl/α,β-unsaturated/α-hetero) is 1. The van der Waals surface area contributed by atoms with Gasteiger partial charge in [0.25, 0.3) is 5.91 Å². The highest BCUT2D eigenvalue weighted by Gasteiger charge is 2.27. The van der Waals surface area contributed by atoms with Gasteiger partial charge < -0.3 is 20.8 Å². The van der Waals surface area contributed by atoms with Gasteiger partial charge in [0.05, 0.1) is 17.6 Å². The smallest absolute Gasteiger partial charge is 0.251 e. The third-order valence-corrected chi connectivity index (χ3v) is 6.96. The number of aromatic nitrogens is 1. The van der Waals surface area contributed by atoms with E-state index >= 15 is 0 Å². The Kier molecular flexibility index (Phi) is 6.46. The summed E-state index contributed by atoms with van der Waals surface area (Å²) in [6.45, 7) is 1.89. The number of amides is 1. The number of nitrogens with two attached hydrogens (primary N) is 1. The second-order valence-corrected chi connectivity index (χ2v) is 9.98. The minimum Gasteiger partial charge on any atom is -0.485 e. The third-order valence-electron chi connectivity index (χ3n) is 6.96. The van der Waals surface area contributed by atoms with Gasteiger partial charge in [-0.05, 0) is 73.4 Å². The number of hydrogen-bond acceptors (Lipinski definition) is 6. The number of benzene rings is 3. The summed E-state index contributed by atoms with van der Waals surface area (Å²) in [6, 6.07) is 23.0. The van der Waals surface area contributed by atoms with Crippen LogP contribution in [0.4, 0.5) is 5.69 Å². The molecule has 8 nitrogen and oxygen atoms in total. The molecule has 0 radical (unpaired) electrons. The van der Waals surface area contributed by atoms with E-state index in [2.05, 4.69) is 15.4 Å². The monoisotopic (exact) mass is 519 g/mol. The first-order valence-corrected chi connectivity index (χ1v) is 13.0. The lowest BCUT2D eigenvalue weighted by Gasteiger charge is -2.23. The second kappa shape index (κ2) is 10.2. The molecule has 1 saturated carbocycles. The van der Waals surface area contributed by atoms with Gasteiger partial charge in [0.2, 0.25) is 5.78 Å². The summed E-state index contributed by atoms with van der Waals surface area (Å²) in [4.78, 5) is 28.4. The molecule has 1 aliphatic heterocycles. The Morgan fingerprint density at radius 1 is 1.10 bits per heavy atom. The molecule has 4 aromatic rings. The molecule has 6 rings (SSSR count). The number of H-pyrrole nitrogens is 1. The van der Waals surface area contributed by atoms with Crippen molar-refractivity contribution >= 4 is 40.6 Å². The van der Waals surface area contributed by atoms with Crippen LogP contribution in [0.1, 0.15) is 44.8 Å². The number of carbonyl (C=O) groups excluding carboxylic acids is 2. The number of carbonyl (C=O) groups is 2. The van der Waals surface area contributed by atoms with Gasteiger partial charge in [-0.1, -0.05) is 36.4 Å². The molecule has 1 fully saturated rings. The van der Waals surface area contributed by atoms with Gasteiger partial charge in [0, 0.05) is 28.1 Å². The Bertz CT molecular complexity index is 1600. The van der Waals surface area contributed by atoms with E-state index in [-0.39, 0.29) is 24.3 Å². The number of fused-ring (bicyclic) bond motifs is 1. The molecule has 4 N–H and O–H groups in total. The third kappa shape index (κ3) is 5.32. The number of anilines is 1. The lowest BCUT2D eigenvalue weighted by molar-refractivity contribution is 0.0916. The highest BCUT2D eigenvalue weighted by atomic mass is 16.5. The Labute approximate surface area is 226 Å². The Morgan fingerprint density at radius 3 is 2.77 bits per heavy atom. The van der Waals surface area contributed by atoms with E-state index in [1.54, 1.807) is 11.2 Å². The van der Waals surface area contributed by atoms with Crippen LogP contribution in [0.2, 0.25) is 0 Å². The van der Waals surface area contributed by atoms with E-state index in [1.165, 1.54) is 0 Å². The first-order chi connectivity index (χ1) is 18.9. The fourth-order valence-electron chi connectivity index (χ4n) is 4.58. The van der Waals surface area contributed by atoms with Crippen molar-refractivity contribution in [3.8, 4) is 5.75 Å². The number of ether oxygens (including phenoxy) is 1. The molecule has 1 aliphatic carbocycles. The topological polar surface area (TPSA) is 113 Å². The summed E-state index contributed by atoms with van der Waals surface area (Å²) >= 11 is 0. The summed E-state index contributed by atoms with van der Waals surface area (Å²) in [7, 11) is 0. The number of hydrogen-bond donors (Lipinski definition) is 3. The number of ketones is 1. The minimum atomic E-state index is -0.515. The molecule has 0 spiro atoms. The molecule has 1 aromatic heterocycles. The SMILES string of the molecule is Cc1ccc(C(=O)NC2CC2)cc1N1N=CC(=Cc2cccc(OCC(=O)c3cc4ccccc4[nH]3)c2)C1N. The Hall–Kier alpha value is -4.69. The van der Waals surface area contributed by atoms with Crippen LogP contribution in [0.3, 0.4) is 0 Å². The lowest BCUT2D eigenvalue weighted by Crippen LogP contribution is -2.36. The van der Waals surface area contributed by atoms with Crippen molar-refractivity contribution in [3.63, 3.8) is 0 Å². The minimum absolute atomic E-state index is 0.0777. The number of hydrazone groups is 1. The average molecular weight is 520 g/mol. The second-order valence-electron chi connectivity index (χ2n) is 9.98. The Morgan fingerprint density at radius 2 is 1.95 bits per heavy atom. The maximum atomic E-state index is 12.7. The van der Waals surface area contributed by atoms with E-state index in [4.69, 9.17) is 10.5 Å². The molecule has 3 aromatic carbocycles. The number of aromatic amines is 1. The van der Waals surface area contributed by atoms with Crippen LogP contribution in [0, 0.1) is 6.92 Å². The molecule has 1 atom stereocenters. The van der Waals surface area contributed by atoms with Gasteiger partial charge in [-0.3, -0.25) is 9.59 Å². The standard InChI is InChI=1S/C31H29N5O3/c1-19-9-10-22(31(38)34-24-11-12-24)16-28(19)36-30(32)23(17-33-36)13-20-5-4-7-25(14-20)39-18-29(37)27-15-21-6-2-3-8-26(21)35-27/h2-10,13-17,24,30,35H,11-12,18,32H2,1H3,(H,34,38). The number of aryl methyl sites for hydroxylation is 1. The molecule has 2 aliphatic rings. The van der Waals surface area contributed by atoms with Gasteiger partial charge in [-0.25, -0.2) is 5.01 Å². The molecule has 2 heterocycles. The first-order valence-electron chi connectivity index (χ1n) is 13.0. The van der Waals surface area contributed by atoms with Crippen molar-refractivity contribution in [2.75, 3.05) is 11.6 Å². The molecule has 196 valence electrons. The van der Waals surface area contributed by atoms with Crippen LogP contribution < -0.4 is 20.8 Å². The summed E-state index contributed by atoms with van der Waals surface area (Å²) in [5.74, 6) is 0.379. The van der Waals surface area contributed by atoms with Crippen molar-refractivity contribution in [2.45, 2.75) is 32.0 Å². The predicted octanol–water partition coefficient (Wildman–Crippen LogP) is 4.80. The maximum Gasteiger partial charge on any atom is 0.251 e. The fraction of sp³-hybridized carbons (Fsp3) is 0.194. The summed E-state index contributed by atoms with van der Waals surface area (Å²) < 4.78 is 5.81. The molecule has 1 amide bonds. The van der Waals surface area contributed by atoms with Crippen LogP contribution >= 0.6 is 0 Å². The molecular formula is C31H29N5O3. The molecule has 1 unspecified atom stereocenters. The van der Waals surface area contributed by atoms with Crippen molar-refractivity contribution in [1.29, 1.82) is 0 Å². The molecule has 0 saturated heterocycles. The number of rotatable bonds is 8. The van der Waals surface area contributed by atoms with E-state index in [1.807, 2.05) is 85.8 Å².